The highest BCUT2D eigenvalue weighted by molar-refractivity contribution is 5.31. The molecule has 146 valence electrons. The van der Waals surface area contributed by atoms with Gasteiger partial charge in [0.1, 0.15) is 37.0 Å². The molecule has 0 spiro atoms. The molecule has 0 aliphatic carbocycles. The third-order valence-corrected chi connectivity index (χ3v) is 3.48. The second-order valence-corrected chi connectivity index (χ2v) is 5.46. The molecule has 1 atom stereocenters. The Labute approximate surface area is 150 Å². The van der Waals surface area contributed by atoms with Crippen LogP contribution < -0.4 is 14.2 Å². The molecule has 0 N–H and O–H groups in total. The molecule has 0 saturated carbocycles. The minimum absolute atomic E-state index is 0.160. The van der Waals surface area contributed by atoms with Crippen molar-refractivity contribution in [3.8, 4) is 17.5 Å². The van der Waals surface area contributed by atoms with Crippen molar-refractivity contribution in [2.45, 2.75) is 19.0 Å². The van der Waals surface area contributed by atoms with E-state index in [1.807, 2.05) is 0 Å². The first-order valence-electron chi connectivity index (χ1n) is 7.75. The molecule has 0 fully saturated rings. The van der Waals surface area contributed by atoms with Crippen molar-refractivity contribution in [3.05, 3.63) is 40.6 Å². The van der Waals surface area contributed by atoms with E-state index in [1.54, 1.807) is 0 Å². The first kappa shape index (κ1) is 18.8. The van der Waals surface area contributed by atoms with Crippen LogP contribution in [0.2, 0.25) is 0 Å². The quantitative estimate of drug-likeness (QED) is 0.408. The topological polar surface area (TPSA) is 97.9 Å². The minimum Gasteiger partial charge on any atom is -0.491 e. The molecule has 12 heteroatoms. The Morgan fingerprint density at radius 1 is 1.26 bits per heavy atom. The first-order valence-corrected chi connectivity index (χ1v) is 7.75. The Hall–Kier alpha value is -3.02. The summed E-state index contributed by atoms with van der Waals surface area (Å²) in [6.07, 6.45) is -3.81. The molecule has 0 amide bonds. The molecule has 0 radical (unpaired) electrons. The van der Waals surface area contributed by atoms with Gasteiger partial charge in [0.2, 0.25) is 0 Å². The Kier molecular flexibility index (Phi) is 5.35. The van der Waals surface area contributed by atoms with Gasteiger partial charge in [-0.1, -0.05) is 0 Å². The van der Waals surface area contributed by atoms with Crippen molar-refractivity contribution in [2.24, 2.45) is 0 Å². The summed E-state index contributed by atoms with van der Waals surface area (Å²) in [5.41, 5.74) is 0. The Bertz CT molecular complexity index is 793. The second kappa shape index (κ2) is 7.70. The molecule has 0 saturated heterocycles. The van der Waals surface area contributed by atoms with Gasteiger partial charge in [-0.25, -0.2) is 0 Å². The smallest absolute Gasteiger partial charge is 0.491 e. The summed E-state index contributed by atoms with van der Waals surface area (Å²) in [6.45, 7) is 0.894. The van der Waals surface area contributed by atoms with E-state index in [9.17, 15) is 23.3 Å². The fourth-order valence-corrected chi connectivity index (χ4v) is 2.37. The van der Waals surface area contributed by atoms with E-state index in [4.69, 9.17) is 14.2 Å². The monoisotopic (exact) mass is 389 g/mol. The Morgan fingerprint density at radius 2 is 1.96 bits per heavy atom. The molecule has 1 aromatic carbocycles. The van der Waals surface area contributed by atoms with Crippen molar-refractivity contribution < 1.29 is 37.0 Å². The number of imidazole rings is 1. The fourth-order valence-electron chi connectivity index (χ4n) is 2.37. The molecule has 1 aliphatic rings. The van der Waals surface area contributed by atoms with Crippen LogP contribution in [0.4, 0.5) is 19.0 Å². The number of fused-ring (bicyclic) bond motifs is 1. The van der Waals surface area contributed by atoms with Gasteiger partial charge < -0.3 is 29.1 Å². The van der Waals surface area contributed by atoms with Gasteiger partial charge in [0, 0.05) is 4.98 Å². The molecule has 2 heterocycles. The Morgan fingerprint density at radius 3 is 2.63 bits per heavy atom. The normalized spacial score (nSPS) is 16.3. The zero-order chi connectivity index (χ0) is 19.4. The molecule has 0 unspecified atom stereocenters. The zero-order valence-corrected chi connectivity index (χ0v) is 13.7. The van der Waals surface area contributed by atoms with E-state index in [0.29, 0.717) is 12.3 Å². The van der Waals surface area contributed by atoms with Crippen LogP contribution >= 0.6 is 0 Å². The number of alkyl halides is 3. The minimum atomic E-state index is -4.74. The van der Waals surface area contributed by atoms with Gasteiger partial charge in [-0.3, -0.25) is 4.57 Å². The van der Waals surface area contributed by atoms with E-state index in [1.165, 1.54) is 22.9 Å². The average molecular weight is 389 g/mol. The third-order valence-electron chi connectivity index (χ3n) is 3.48. The summed E-state index contributed by atoms with van der Waals surface area (Å²) >= 11 is 0. The lowest BCUT2D eigenvalue weighted by Crippen LogP contribution is -2.33. The highest BCUT2D eigenvalue weighted by Crippen LogP contribution is 2.25. The molecule has 27 heavy (non-hydrogen) atoms. The van der Waals surface area contributed by atoms with Crippen LogP contribution in [-0.2, 0) is 11.3 Å². The molecule has 2 aromatic rings. The second-order valence-electron chi connectivity index (χ2n) is 5.46. The maximum Gasteiger partial charge on any atom is 0.573 e. The number of ether oxygens (including phenoxy) is 4. The lowest BCUT2D eigenvalue weighted by atomic mass is 10.3. The summed E-state index contributed by atoms with van der Waals surface area (Å²) in [6, 6.07) is 5.15. The largest absolute Gasteiger partial charge is 0.573 e. The molecule has 0 bridgehead atoms. The standard InChI is InChI=1S/C15H14F3N3O6/c16-15(17,18)27-11-3-1-10(2-4-11)24-5-6-25-12-7-20-8-13(21(22)23)19-14(20)26-9-12/h1-4,8,12H,5-7,9H2/t12-/m0/s1. The molecule has 1 aliphatic heterocycles. The maximum absolute atomic E-state index is 12.1. The maximum atomic E-state index is 12.1. The van der Waals surface area contributed by atoms with Crippen molar-refractivity contribution >= 4 is 5.82 Å². The molecule has 9 nitrogen and oxygen atoms in total. The van der Waals surface area contributed by atoms with Crippen LogP contribution in [0.3, 0.4) is 0 Å². The SMILES string of the molecule is O=[N+]([O-])c1cn2c(n1)OC[C@@H](OCCOc1ccc(OC(F)(F)F)cc1)C2. The van der Waals surface area contributed by atoms with Crippen LogP contribution in [0.1, 0.15) is 0 Å². The number of halogens is 3. The third kappa shape index (κ3) is 5.23. The summed E-state index contributed by atoms with van der Waals surface area (Å²) in [7, 11) is 0. The van der Waals surface area contributed by atoms with Gasteiger partial charge in [0.25, 0.3) is 0 Å². The highest BCUT2D eigenvalue weighted by atomic mass is 19.4. The summed E-state index contributed by atoms with van der Waals surface area (Å²) in [4.78, 5) is 13.8. The van der Waals surface area contributed by atoms with Gasteiger partial charge in [-0.2, -0.15) is 0 Å². The number of benzene rings is 1. The number of hydrogen-bond acceptors (Lipinski definition) is 7. The van der Waals surface area contributed by atoms with Crippen LogP contribution in [0.5, 0.6) is 17.5 Å². The molecule has 1 aromatic heterocycles. The summed E-state index contributed by atoms with van der Waals surface area (Å²) in [5, 5.41) is 10.7. The number of aromatic nitrogens is 2. The molecular weight excluding hydrogens is 375 g/mol. The van der Waals surface area contributed by atoms with Crippen LogP contribution in [0, 0.1) is 10.1 Å². The van der Waals surface area contributed by atoms with Crippen LogP contribution in [-0.4, -0.2) is 46.8 Å². The lowest BCUT2D eigenvalue weighted by molar-refractivity contribution is -0.389. The lowest BCUT2D eigenvalue weighted by Gasteiger charge is -2.22. The highest BCUT2D eigenvalue weighted by Gasteiger charge is 2.31. The molecule has 3 rings (SSSR count). The number of nitro groups is 1. The predicted molar refractivity (Wildman–Crippen MR) is 82.7 cm³/mol. The van der Waals surface area contributed by atoms with Crippen LogP contribution in [0.15, 0.2) is 30.5 Å². The van der Waals surface area contributed by atoms with Gasteiger partial charge in [0.15, 0.2) is 0 Å². The number of rotatable bonds is 7. The van der Waals surface area contributed by atoms with Crippen molar-refractivity contribution in [1.29, 1.82) is 0 Å². The van der Waals surface area contributed by atoms with Crippen LogP contribution in [0.25, 0.3) is 0 Å². The van der Waals surface area contributed by atoms with Crippen molar-refractivity contribution in [3.63, 3.8) is 0 Å². The zero-order valence-electron chi connectivity index (χ0n) is 13.7. The summed E-state index contributed by atoms with van der Waals surface area (Å²) < 4.78 is 57.8. The van der Waals surface area contributed by atoms with E-state index >= 15 is 0 Å². The van der Waals surface area contributed by atoms with E-state index < -0.39 is 11.3 Å². The van der Waals surface area contributed by atoms with E-state index in [2.05, 4.69) is 9.72 Å². The Balaban J connectivity index is 1.41. The predicted octanol–water partition coefficient (Wildman–Crippen LogP) is 2.55. The van der Waals surface area contributed by atoms with Gasteiger partial charge in [-0.05, 0) is 29.2 Å². The van der Waals surface area contributed by atoms with Gasteiger partial charge in [-0.15, -0.1) is 13.2 Å². The molecular formula is C15H14F3N3O6. The van der Waals surface area contributed by atoms with Gasteiger partial charge >= 0.3 is 18.2 Å². The number of nitrogens with zero attached hydrogens (tertiary/aromatic N) is 3. The van der Waals surface area contributed by atoms with Gasteiger partial charge in [0.05, 0.1) is 13.2 Å². The summed E-state index contributed by atoms with van der Waals surface area (Å²) in [5.74, 6) is -0.275. The van der Waals surface area contributed by atoms with E-state index in [-0.39, 0.29) is 43.5 Å². The van der Waals surface area contributed by atoms with E-state index in [0.717, 1.165) is 12.1 Å². The average Bonchev–Trinajstić information content (AvgIpc) is 3.02. The number of hydrogen-bond donors (Lipinski definition) is 0. The van der Waals surface area contributed by atoms with Crippen molar-refractivity contribution in [2.75, 3.05) is 19.8 Å². The first-order chi connectivity index (χ1) is 12.8. The van der Waals surface area contributed by atoms with Crippen molar-refractivity contribution in [1.82, 2.24) is 9.55 Å². The fraction of sp³-hybridized carbons (Fsp3) is 0.400.